The summed E-state index contributed by atoms with van der Waals surface area (Å²) in [5.74, 6) is -0.155. The highest BCUT2D eigenvalue weighted by atomic mass is 16.2. The van der Waals surface area contributed by atoms with Crippen LogP contribution in [-0.4, -0.2) is 24.4 Å². The Morgan fingerprint density at radius 3 is 2.08 bits per heavy atom. The molecule has 132 valence electrons. The molecule has 0 radical (unpaired) electrons. The van der Waals surface area contributed by atoms with Crippen molar-refractivity contribution in [3.05, 3.63) is 28.8 Å². The summed E-state index contributed by atoms with van der Waals surface area (Å²) in [5.41, 5.74) is 4.10. The third kappa shape index (κ3) is 4.83. The maximum Gasteiger partial charge on any atom is 0.240 e. The van der Waals surface area contributed by atoms with Crippen LogP contribution < -0.4 is 10.2 Å². The Hall–Kier alpha value is -1.84. The van der Waals surface area contributed by atoms with Gasteiger partial charge in [0.1, 0.15) is 6.54 Å². The van der Waals surface area contributed by atoms with Crippen molar-refractivity contribution in [2.45, 2.75) is 72.3 Å². The molecule has 24 heavy (non-hydrogen) atoms. The zero-order valence-electron chi connectivity index (χ0n) is 15.4. The summed E-state index contributed by atoms with van der Waals surface area (Å²) in [6.45, 7) is 7.65. The summed E-state index contributed by atoms with van der Waals surface area (Å²) in [5, 5.41) is 3.13. The lowest BCUT2D eigenvalue weighted by Crippen LogP contribution is -2.44. The Kier molecular flexibility index (Phi) is 6.41. The van der Waals surface area contributed by atoms with Gasteiger partial charge in [0.15, 0.2) is 0 Å². The van der Waals surface area contributed by atoms with Gasteiger partial charge in [-0.2, -0.15) is 0 Å². The monoisotopic (exact) mass is 330 g/mol. The minimum Gasteiger partial charge on any atom is -0.352 e. The van der Waals surface area contributed by atoms with E-state index in [4.69, 9.17) is 0 Å². The lowest BCUT2D eigenvalue weighted by Gasteiger charge is -2.26. The second-order valence-electron chi connectivity index (χ2n) is 7.11. The van der Waals surface area contributed by atoms with E-state index in [-0.39, 0.29) is 24.4 Å². The summed E-state index contributed by atoms with van der Waals surface area (Å²) in [6.07, 6.45) is 6.97. The lowest BCUT2D eigenvalue weighted by molar-refractivity contribution is -0.123. The normalized spacial score (nSPS) is 15.7. The largest absolute Gasteiger partial charge is 0.352 e. The van der Waals surface area contributed by atoms with Crippen molar-refractivity contribution in [1.29, 1.82) is 0 Å². The predicted molar refractivity (Wildman–Crippen MR) is 98.3 cm³/mol. The summed E-state index contributed by atoms with van der Waals surface area (Å²) >= 11 is 0. The van der Waals surface area contributed by atoms with Gasteiger partial charge >= 0.3 is 0 Å². The third-order valence-electron chi connectivity index (χ3n) is 4.81. The Balaban J connectivity index is 2.11. The van der Waals surface area contributed by atoms with Crippen LogP contribution in [0.5, 0.6) is 0 Å². The van der Waals surface area contributed by atoms with Crippen LogP contribution in [-0.2, 0) is 9.59 Å². The standard InChI is InChI=1S/C20H30N2O2/c1-14-11-15(2)20(16(3)12-14)22(17(4)23)13-19(24)21-18-9-7-5-6-8-10-18/h11-12,18H,5-10,13H2,1-4H3,(H,21,24). The molecule has 0 spiro atoms. The van der Waals surface area contributed by atoms with E-state index in [2.05, 4.69) is 17.4 Å². The van der Waals surface area contributed by atoms with Gasteiger partial charge in [0.2, 0.25) is 11.8 Å². The predicted octanol–water partition coefficient (Wildman–Crippen LogP) is 3.80. The van der Waals surface area contributed by atoms with Gasteiger partial charge < -0.3 is 10.2 Å². The number of aryl methyl sites for hydroxylation is 3. The van der Waals surface area contributed by atoms with Crippen LogP contribution in [0.3, 0.4) is 0 Å². The number of carbonyl (C=O) groups is 2. The van der Waals surface area contributed by atoms with Crippen molar-refractivity contribution < 1.29 is 9.59 Å². The summed E-state index contributed by atoms with van der Waals surface area (Å²) in [7, 11) is 0. The minimum atomic E-state index is -0.0962. The molecule has 4 nitrogen and oxygen atoms in total. The lowest BCUT2D eigenvalue weighted by atomic mass is 10.0. The zero-order chi connectivity index (χ0) is 17.7. The molecule has 0 atom stereocenters. The molecule has 1 aliphatic carbocycles. The number of rotatable bonds is 4. The van der Waals surface area contributed by atoms with Gasteiger partial charge in [0, 0.05) is 13.0 Å². The van der Waals surface area contributed by atoms with Gasteiger partial charge in [-0.05, 0) is 44.7 Å². The van der Waals surface area contributed by atoms with Crippen molar-refractivity contribution in [2.75, 3.05) is 11.4 Å². The molecule has 0 bridgehead atoms. The van der Waals surface area contributed by atoms with Crippen molar-refractivity contribution in [3.63, 3.8) is 0 Å². The quantitative estimate of drug-likeness (QED) is 0.854. The van der Waals surface area contributed by atoms with Gasteiger partial charge in [0.05, 0.1) is 5.69 Å². The SMILES string of the molecule is CC(=O)N(CC(=O)NC1CCCCCC1)c1c(C)cc(C)cc1C. The molecule has 0 heterocycles. The van der Waals surface area contributed by atoms with Crippen molar-refractivity contribution >= 4 is 17.5 Å². The molecule has 1 fully saturated rings. The third-order valence-corrected chi connectivity index (χ3v) is 4.81. The molecule has 1 N–H and O–H groups in total. The molecule has 1 saturated carbocycles. The van der Waals surface area contributed by atoms with Crippen LogP contribution in [0.1, 0.15) is 62.1 Å². The molecule has 1 aliphatic rings. The highest BCUT2D eigenvalue weighted by Crippen LogP contribution is 2.26. The Labute approximate surface area is 145 Å². The fraction of sp³-hybridized carbons (Fsp3) is 0.600. The first-order chi connectivity index (χ1) is 11.4. The number of hydrogen-bond acceptors (Lipinski definition) is 2. The fourth-order valence-electron chi connectivity index (χ4n) is 3.79. The number of anilines is 1. The van der Waals surface area contributed by atoms with Gasteiger partial charge in [-0.3, -0.25) is 9.59 Å². The van der Waals surface area contributed by atoms with E-state index < -0.39 is 0 Å². The van der Waals surface area contributed by atoms with Crippen LogP contribution in [0.4, 0.5) is 5.69 Å². The molecule has 2 amide bonds. The van der Waals surface area contributed by atoms with Crippen LogP contribution in [0.15, 0.2) is 12.1 Å². The second kappa shape index (κ2) is 8.32. The number of benzene rings is 1. The number of amides is 2. The van der Waals surface area contributed by atoms with Gasteiger partial charge in [-0.25, -0.2) is 0 Å². The van der Waals surface area contributed by atoms with Crippen molar-refractivity contribution in [2.24, 2.45) is 0 Å². The molecule has 1 aromatic carbocycles. The Morgan fingerprint density at radius 1 is 1.04 bits per heavy atom. The van der Waals surface area contributed by atoms with Crippen molar-refractivity contribution in [1.82, 2.24) is 5.32 Å². The zero-order valence-corrected chi connectivity index (χ0v) is 15.4. The summed E-state index contributed by atoms with van der Waals surface area (Å²) < 4.78 is 0. The Bertz CT molecular complexity index is 579. The number of hydrogen-bond donors (Lipinski definition) is 1. The van der Waals surface area contributed by atoms with E-state index in [9.17, 15) is 9.59 Å². The second-order valence-corrected chi connectivity index (χ2v) is 7.11. The first kappa shape index (κ1) is 18.5. The van der Waals surface area contributed by atoms with E-state index in [0.717, 1.165) is 29.7 Å². The average Bonchev–Trinajstić information content (AvgIpc) is 2.73. The molecular weight excluding hydrogens is 300 g/mol. The number of nitrogens with one attached hydrogen (secondary N) is 1. The fourth-order valence-corrected chi connectivity index (χ4v) is 3.79. The van der Waals surface area contributed by atoms with Gasteiger partial charge in [0.25, 0.3) is 0 Å². The highest BCUT2D eigenvalue weighted by molar-refractivity contribution is 5.98. The first-order valence-corrected chi connectivity index (χ1v) is 9.04. The topological polar surface area (TPSA) is 49.4 Å². The van der Waals surface area contributed by atoms with Crippen LogP contribution in [0.25, 0.3) is 0 Å². The molecule has 0 aromatic heterocycles. The first-order valence-electron chi connectivity index (χ1n) is 9.04. The molecule has 1 aromatic rings. The molecule has 0 saturated heterocycles. The van der Waals surface area contributed by atoms with Gasteiger partial charge in [-0.15, -0.1) is 0 Å². The van der Waals surface area contributed by atoms with Crippen molar-refractivity contribution in [3.8, 4) is 0 Å². The molecule has 0 aliphatic heterocycles. The summed E-state index contributed by atoms with van der Waals surface area (Å²) in [4.78, 5) is 26.3. The minimum absolute atomic E-state index is 0.0588. The molecule has 4 heteroatoms. The van der Waals surface area contributed by atoms with E-state index in [1.165, 1.54) is 38.2 Å². The van der Waals surface area contributed by atoms with Crippen LogP contribution in [0.2, 0.25) is 0 Å². The van der Waals surface area contributed by atoms with E-state index in [1.807, 2.05) is 20.8 Å². The van der Waals surface area contributed by atoms with Crippen LogP contribution in [0, 0.1) is 20.8 Å². The van der Waals surface area contributed by atoms with E-state index in [1.54, 1.807) is 4.90 Å². The average molecular weight is 330 g/mol. The maximum atomic E-state index is 12.5. The van der Waals surface area contributed by atoms with E-state index in [0.29, 0.717) is 0 Å². The smallest absolute Gasteiger partial charge is 0.240 e. The number of carbonyl (C=O) groups excluding carboxylic acids is 2. The Morgan fingerprint density at radius 2 is 1.58 bits per heavy atom. The van der Waals surface area contributed by atoms with Crippen LogP contribution >= 0.6 is 0 Å². The molecule has 2 rings (SSSR count). The van der Waals surface area contributed by atoms with Gasteiger partial charge in [-0.1, -0.05) is 43.4 Å². The highest BCUT2D eigenvalue weighted by Gasteiger charge is 2.21. The van der Waals surface area contributed by atoms with E-state index >= 15 is 0 Å². The maximum absolute atomic E-state index is 12.5. The molecule has 0 unspecified atom stereocenters. The summed E-state index contributed by atoms with van der Waals surface area (Å²) in [6, 6.07) is 4.37. The molecular formula is C20H30N2O2. The number of nitrogens with zero attached hydrogens (tertiary/aromatic N) is 1.